The van der Waals surface area contributed by atoms with E-state index in [1.807, 2.05) is 0 Å². The highest BCUT2D eigenvalue weighted by Crippen LogP contribution is 2.22. The number of aryl methyl sites for hydroxylation is 1. The summed E-state index contributed by atoms with van der Waals surface area (Å²) < 4.78 is 28.1. The van der Waals surface area contributed by atoms with Crippen molar-refractivity contribution in [1.29, 1.82) is 0 Å². The molecule has 0 saturated carbocycles. The van der Waals surface area contributed by atoms with E-state index in [0.29, 0.717) is 5.56 Å². The predicted octanol–water partition coefficient (Wildman–Crippen LogP) is 2.68. The molecule has 0 aliphatic rings. The van der Waals surface area contributed by atoms with E-state index < -0.39 is 21.5 Å². The van der Waals surface area contributed by atoms with Crippen molar-refractivity contribution in [2.24, 2.45) is 0 Å². The lowest BCUT2D eigenvalue weighted by Gasteiger charge is -2.25. The van der Waals surface area contributed by atoms with Crippen LogP contribution >= 0.6 is 15.9 Å². The summed E-state index contributed by atoms with van der Waals surface area (Å²) in [5.41, 5.74) is -0.197. The SMILES string of the molecule is Cc1cc(Br)ccc1S(=O)(=O)NC(C)(C)CCC(=O)O. The van der Waals surface area contributed by atoms with Gasteiger partial charge in [0.15, 0.2) is 0 Å². The van der Waals surface area contributed by atoms with Crippen molar-refractivity contribution in [3.8, 4) is 0 Å². The van der Waals surface area contributed by atoms with Gasteiger partial charge in [0.1, 0.15) is 0 Å². The van der Waals surface area contributed by atoms with Crippen LogP contribution in [-0.4, -0.2) is 25.0 Å². The molecule has 1 aromatic rings. The van der Waals surface area contributed by atoms with Gasteiger partial charge in [-0.15, -0.1) is 0 Å². The zero-order valence-corrected chi connectivity index (χ0v) is 14.0. The van der Waals surface area contributed by atoms with Gasteiger partial charge in [0, 0.05) is 16.4 Å². The van der Waals surface area contributed by atoms with Crippen LogP contribution in [0, 0.1) is 6.92 Å². The highest BCUT2D eigenvalue weighted by atomic mass is 79.9. The fraction of sp³-hybridized carbons (Fsp3) is 0.462. The predicted molar refractivity (Wildman–Crippen MR) is 80.1 cm³/mol. The lowest BCUT2D eigenvalue weighted by atomic mass is 10.0. The topological polar surface area (TPSA) is 83.5 Å². The minimum atomic E-state index is -3.68. The van der Waals surface area contributed by atoms with E-state index >= 15 is 0 Å². The van der Waals surface area contributed by atoms with E-state index in [4.69, 9.17) is 5.11 Å². The van der Waals surface area contributed by atoms with Crippen molar-refractivity contribution in [2.45, 2.75) is 44.0 Å². The zero-order chi connectivity index (χ0) is 15.6. The summed E-state index contributed by atoms with van der Waals surface area (Å²) in [5, 5.41) is 8.68. The Bertz CT molecular complexity index is 611. The normalized spacial score (nSPS) is 12.4. The molecule has 0 aliphatic heterocycles. The van der Waals surface area contributed by atoms with Gasteiger partial charge in [0.05, 0.1) is 4.90 Å². The van der Waals surface area contributed by atoms with Crippen LogP contribution in [0.4, 0.5) is 0 Å². The number of sulfonamides is 1. The number of halogens is 1. The number of hydrogen-bond acceptors (Lipinski definition) is 3. The lowest BCUT2D eigenvalue weighted by molar-refractivity contribution is -0.137. The molecule has 0 bridgehead atoms. The molecule has 2 N–H and O–H groups in total. The van der Waals surface area contributed by atoms with E-state index in [9.17, 15) is 13.2 Å². The summed E-state index contributed by atoms with van der Waals surface area (Å²) in [7, 11) is -3.68. The Balaban J connectivity index is 2.97. The molecule has 0 aromatic heterocycles. The number of nitrogens with one attached hydrogen (secondary N) is 1. The third-order valence-corrected chi connectivity index (χ3v) is 5.15. The average molecular weight is 364 g/mol. The minimum Gasteiger partial charge on any atom is -0.481 e. The van der Waals surface area contributed by atoms with E-state index in [-0.39, 0.29) is 17.7 Å². The largest absolute Gasteiger partial charge is 0.481 e. The Morgan fingerprint density at radius 3 is 2.50 bits per heavy atom. The summed E-state index contributed by atoms with van der Waals surface area (Å²) in [6, 6.07) is 4.90. The maximum Gasteiger partial charge on any atom is 0.303 e. The van der Waals surface area contributed by atoms with Crippen LogP contribution in [0.15, 0.2) is 27.6 Å². The van der Waals surface area contributed by atoms with Crippen molar-refractivity contribution in [3.63, 3.8) is 0 Å². The van der Waals surface area contributed by atoms with Gasteiger partial charge in [-0.25, -0.2) is 13.1 Å². The number of aliphatic carboxylic acids is 1. The fourth-order valence-corrected chi connectivity index (χ4v) is 3.95. The second-order valence-electron chi connectivity index (χ2n) is 5.29. The third kappa shape index (κ3) is 4.88. The fourth-order valence-electron chi connectivity index (χ4n) is 1.80. The maximum atomic E-state index is 12.4. The summed E-state index contributed by atoms with van der Waals surface area (Å²) in [5.74, 6) is -0.947. The van der Waals surface area contributed by atoms with E-state index in [1.54, 1.807) is 32.9 Å². The molecular formula is C13H18BrNO4S. The Morgan fingerprint density at radius 2 is 2.00 bits per heavy atom. The third-order valence-electron chi connectivity index (χ3n) is 2.80. The molecule has 0 unspecified atom stereocenters. The standard InChI is InChI=1S/C13H18BrNO4S/c1-9-8-10(14)4-5-11(9)20(18,19)15-13(2,3)7-6-12(16)17/h4-5,8,15H,6-7H2,1-3H3,(H,16,17). The van der Waals surface area contributed by atoms with Crippen LogP contribution in [0.2, 0.25) is 0 Å². The number of carbonyl (C=O) groups is 1. The first-order valence-corrected chi connectivity index (χ1v) is 8.33. The summed E-state index contributed by atoms with van der Waals surface area (Å²) in [6.07, 6.45) is 0.131. The first kappa shape index (κ1) is 17.1. The van der Waals surface area contributed by atoms with Gasteiger partial charge in [-0.05, 0) is 51.0 Å². The van der Waals surface area contributed by atoms with Gasteiger partial charge < -0.3 is 5.11 Å². The van der Waals surface area contributed by atoms with Gasteiger partial charge in [-0.3, -0.25) is 4.79 Å². The molecule has 0 amide bonds. The second-order valence-corrected chi connectivity index (χ2v) is 7.86. The van der Waals surface area contributed by atoms with E-state index in [1.165, 1.54) is 6.07 Å². The van der Waals surface area contributed by atoms with Crippen LogP contribution in [0.25, 0.3) is 0 Å². The smallest absolute Gasteiger partial charge is 0.303 e. The van der Waals surface area contributed by atoms with Gasteiger partial charge in [-0.2, -0.15) is 0 Å². The minimum absolute atomic E-state index is 0.0885. The highest BCUT2D eigenvalue weighted by Gasteiger charge is 2.27. The number of hydrogen-bond donors (Lipinski definition) is 2. The molecule has 1 aromatic carbocycles. The monoisotopic (exact) mass is 363 g/mol. The van der Waals surface area contributed by atoms with Gasteiger partial charge in [-0.1, -0.05) is 15.9 Å². The molecule has 0 heterocycles. The van der Waals surface area contributed by atoms with E-state index in [2.05, 4.69) is 20.7 Å². The summed E-state index contributed by atoms with van der Waals surface area (Å²) in [6.45, 7) is 5.05. The molecule has 0 aliphatic carbocycles. The van der Waals surface area contributed by atoms with Gasteiger partial charge in [0.25, 0.3) is 0 Å². The average Bonchev–Trinajstić information content (AvgIpc) is 2.24. The first-order chi connectivity index (χ1) is 9.03. The molecule has 0 fully saturated rings. The number of carboxylic acids is 1. The van der Waals surface area contributed by atoms with Crippen LogP contribution in [0.1, 0.15) is 32.3 Å². The second kappa shape index (κ2) is 6.24. The number of benzene rings is 1. The summed E-state index contributed by atoms with van der Waals surface area (Å²) in [4.78, 5) is 10.8. The molecule has 0 radical (unpaired) electrons. The van der Waals surface area contributed by atoms with Crippen LogP contribution < -0.4 is 4.72 Å². The molecule has 0 saturated heterocycles. The molecule has 5 nitrogen and oxygen atoms in total. The quantitative estimate of drug-likeness (QED) is 0.813. The zero-order valence-electron chi connectivity index (χ0n) is 11.6. The molecule has 112 valence electrons. The van der Waals surface area contributed by atoms with Gasteiger partial charge in [0.2, 0.25) is 10.0 Å². The molecule has 0 spiro atoms. The Morgan fingerprint density at radius 1 is 1.40 bits per heavy atom. The van der Waals surface area contributed by atoms with Crippen LogP contribution in [-0.2, 0) is 14.8 Å². The number of rotatable bonds is 6. The van der Waals surface area contributed by atoms with Crippen molar-refractivity contribution in [2.75, 3.05) is 0 Å². The first-order valence-electron chi connectivity index (χ1n) is 6.05. The van der Waals surface area contributed by atoms with Crippen LogP contribution in [0.5, 0.6) is 0 Å². The van der Waals surface area contributed by atoms with Crippen LogP contribution in [0.3, 0.4) is 0 Å². The van der Waals surface area contributed by atoms with E-state index in [0.717, 1.165) is 4.47 Å². The van der Waals surface area contributed by atoms with Crippen molar-refractivity contribution in [1.82, 2.24) is 4.72 Å². The summed E-state index contributed by atoms with van der Waals surface area (Å²) >= 11 is 3.28. The highest BCUT2D eigenvalue weighted by molar-refractivity contribution is 9.10. The Labute approximate surface area is 127 Å². The molecule has 1 rings (SSSR count). The maximum absolute atomic E-state index is 12.4. The Kier molecular flexibility index (Phi) is 5.34. The lowest BCUT2D eigenvalue weighted by Crippen LogP contribution is -2.43. The van der Waals surface area contributed by atoms with Crippen molar-refractivity contribution in [3.05, 3.63) is 28.2 Å². The molecular weight excluding hydrogens is 346 g/mol. The Hall–Kier alpha value is -0.920. The molecule has 0 atom stereocenters. The molecule has 20 heavy (non-hydrogen) atoms. The van der Waals surface area contributed by atoms with Gasteiger partial charge >= 0.3 is 5.97 Å². The van der Waals surface area contributed by atoms with Crippen molar-refractivity contribution >= 4 is 31.9 Å². The number of carboxylic acid groups (broad SMARTS) is 1. The van der Waals surface area contributed by atoms with Crippen molar-refractivity contribution < 1.29 is 18.3 Å². The molecule has 7 heteroatoms.